The van der Waals surface area contributed by atoms with E-state index in [1.807, 2.05) is 36.9 Å². The molecule has 1 saturated heterocycles. The lowest BCUT2D eigenvalue weighted by atomic mass is 10.2. The average Bonchev–Trinajstić information content (AvgIpc) is 2.82. The molecule has 8 heteroatoms. The molecule has 1 fully saturated rings. The molecule has 0 atom stereocenters. The summed E-state index contributed by atoms with van der Waals surface area (Å²) in [5, 5.41) is 0.511. The number of piperazine rings is 1. The van der Waals surface area contributed by atoms with Gasteiger partial charge in [-0.3, -0.25) is 14.2 Å². The van der Waals surface area contributed by atoms with Gasteiger partial charge in [0.25, 0.3) is 5.56 Å². The Morgan fingerprint density at radius 1 is 1.00 bits per heavy atom. The van der Waals surface area contributed by atoms with E-state index in [1.165, 1.54) is 16.7 Å². The monoisotopic (exact) mass is 437 g/mol. The lowest BCUT2D eigenvalue weighted by Crippen LogP contribution is -2.50. The van der Waals surface area contributed by atoms with E-state index in [9.17, 15) is 14.0 Å². The van der Waals surface area contributed by atoms with Crippen LogP contribution < -0.4 is 15.4 Å². The van der Waals surface area contributed by atoms with Crippen LogP contribution in [0.15, 0.2) is 53.3 Å². The Morgan fingerprint density at radius 3 is 2.31 bits per heavy atom. The number of carbonyl (C=O) groups excluding carboxylic acids is 1. The maximum Gasteiger partial charge on any atom is 0.263 e. The van der Waals surface area contributed by atoms with Crippen molar-refractivity contribution in [3.8, 4) is 0 Å². The zero-order valence-corrected chi connectivity index (χ0v) is 18.5. The van der Waals surface area contributed by atoms with Crippen LogP contribution in [-0.2, 0) is 11.3 Å². The minimum Gasteiger partial charge on any atom is -0.368 e. The standard InChI is InChI=1S/C24H28FN5O2/c1-3-27(4-2)24-26-21-8-6-5-7-20(21)23(32)30(24)17-22(31)29-15-13-28(14-16-29)19-11-9-18(25)10-12-19/h5-12H,3-4,13-17H2,1-2H3. The topological polar surface area (TPSA) is 61.7 Å². The molecule has 168 valence electrons. The summed E-state index contributed by atoms with van der Waals surface area (Å²) in [5.41, 5.74) is 1.38. The number of hydrogen-bond acceptors (Lipinski definition) is 5. The van der Waals surface area contributed by atoms with E-state index >= 15 is 0 Å². The van der Waals surface area contributed by atoms with Crippen LogP contribution in [0.2, 0.25) is 0 Å². The van der Waals surface area contributed by atoms with Gasteiger partial charge in [0.1, 0.15) is 12.4 Å². The minimum atomic E-state index is -0.263. The minimum absolute atomic E-state index is 0.0426. The summed E-state index contributed by atoms with van der Waals surface area (Å²) in [4.78, 5) is 37.0. The number of halogens is 1. The maximum atomic E-state index is 13.3. The summed E-state index contributed by atoms with van der Waals surface area (Å²) in [6.45, 7) is 7.75. The summed E-state index contributed by atoms with van der Waals surface area (Å²) >= 11 is 0. The smallest absolute Gasteiger partial charge is 0.263 e. The van der Waals surface area contributed by atoms with Crippen molar-refractivity contribution in [3.63, 3.8) is 0 Å². The first kappa shape index (κ1) is 21.8. The van der Waals surface area contributed by atoms with Gasteiger partial charge in [-0.1, -0.05) is 12.1 Å². The molecule has 1 aliphatic heterocycles. The maximum absolute atomic E-state index is 13.3. The number of hydrogen-bond donors (Lipinski definition) is 0. The lowest BCUT2D eigenvalue weighted by Gasteiger charge is -2.36. The highest BCUT2D eigenvalue weighted by atomic mass is 19.1. The van der Waals surface area contributed by atoms with Gasteiger partial charge in [0.05, 0.1) is 10.9 Å². The fourth-order valence-electron chi connectivity index (χ4n) is 4.15. The van der Waals surface area contributed by atoms with Crippen LogP contribution in [-0.4, -0.2) is 59.6 Å². The van der Waals surface area contributed by atoms with Gasteiger partial charge in [0.2, 0.25) is 11.9 Å². The van der Waals surface area contributed by atoms with Crippen LogP contribution in [0.3, 0.4) is 0 Å². The van der Waals surface area contributed by atoms with Crippen molar-refractivity contribution >= 4 is 28.4 Å². The van der Waals surface area contributed by atoms with E-state index in [2.05, 4.69) is 4.90 Å². The van der Waals surface area contributed by atoms with Crippen LogP contribution in [0.5, 0.6) is 0 Å². The number of fused-ring (bicyclic) bond motifs is 1. The molecule has 0 N–H and O–H groups in total. The van der Waals surface area contributed by atoms with E-state index in [4.69, 9.17) is 4.98 Å². The predicted octanol–water partition coefficient (Wildman–Crippen LogP) is 2.73. The molecule has 0 radical (unpaired) electrons. The second kappa shape index (κ2) is 9.38. The number of para-hydroxylation sites is 1. The quantitative estimate of drug-likeness (QED) is 0.594. The van der Waals surface area contributed by atoms with Crippen molar-refractivity contribution in [2.45, 2.75) is 20.4 Å². The van der Waals surface area contributed by atoms with Crippen molar-refractivity contribution in [1.82, 2.24) is 14.5 Å². The van der Waals surface area contributed by atoms with E-state index in [0.717, 1.165) is 5.69 Å². The first-order chi connectivity index (χ1) is 15.5. The zero-order valence-electron chi connectivity index (χ0n) is 18.5. The Labute approximate surface area is 186 Å². The van der Waals surface area contributed by atoms with Crippen LogP contribution in [0.25, 0.3) is 10.9 Å². The molecule has 3 aromatic rings. The molecule has 1 aromatic heterocycles. The fraction of sp³-hybridized carbons (Fsp3) is 0.375. The summed E-state index contributed by atoms with van der Waals surface area (Å²) in [5.74, 6) is 0.161. The Balaban J connectivity index is 1.54. The number of anilines is 2. The second-order valence-corrected chi connectivity index (χ2v) is 7.84. The lowest BCUT2D eigenvalue weighted by molar-refractivity contribution is -0.132. The summed E-state index contributed by atoms with van der Waals surface area (Å²) in [7, 11) is 0. The van der Waals surface area contributed by atoms with Gasteiger partial charge in [0, 0.05) is 45.0 Å². The van der Waals surface area contributed by atoms with Crippen molar-refractivity contribution < 1.29 is 9.18 Å². The highest BCUT2D eigenvalue weighted by Crippen LogP contribution is 2.18. The van der Waals surface area contributed by atoms with E-state index < -0.39 is 0 Å². The SMILES string of the molecule is CCN(CC)c1nc2ccccc2c(=O)n1CC(=O)N1CCN(c2ccc(F)cc2)CC1. The molecule has 1 aliphatic rings. The molecule has 0 saturated carbocycles. The number of benzene rings is 2. The number of nitrogens with zero attached hydrogens (tertiary/aromatic N) is 5. The van der Waals surface area contributed by atoms with Gasteiger partial charge in [-0.05, 0) is 50.2 Å². The van der Waals surface area contributed by atoms with Crippen molar-refractivity contribution in [3.05, 3.63) is 64.7 Å². The van der Waals surface area contributed by atoms with Crippen LogP contribution >= 0.6 is 0 Å². The molecule has 0 aliphatic carbocycles. The molecule has 32 heavy (non-hydrogen) atoms. The molecule has 0 bridgehead atoms. The summed E-state index contributed by atoms with van der Waals surface area (Å²) in [6, 6.07) is 13.6. The van der Waals surface area contributed by atoms with Crippen molar-refractivity contribution in [1.29, 1.82) is 0 Å². The largest absolute Gasteiger partial charge is 0.368 e. The first-order valence-electron chi connectivity index (χ1n) is 11.0. The fourth-order valence-corrected chi connectivity index (χ4v) is 4.15. The third-order valence-electron chi connectivity index (χ3n) is 6.01. The van der Waals surface area contributed by atoms with Gasteiger partial charge < -0.3 is 14.7 Å². The Morgan fingerprint density at radius 2 is 1.66 bits per heavy atom. The summed E-state index contributed by atoms with van der Waals surface area (Å²) < 4.78 is 14.7. The van der Waals surface area contributed by atoms with E-state index in [-0.39, 0.29) is 23.8 Å². The van der Waals surface area contributed by atoms with Gasteiger partial charge >= 0.3 is 0 Å². The molecule has 4 rings (SSSR count). The number of amides is 1. The van der Waals surface area contributed by atoms with Crippen LogP contribution in [0.1, 0.15) is 13.8 Å². The highest BCUT2D eigenvalue weighted by Gasteiger charge is 2.24. The van der Waals surface area contributed by atoms with Crippen molar-refractivity contribution in [2.75, 3.05) is 49.1 Å². The van der Waals surface area contributed by atoms with Gasteiger partial charge in [-0.25, -0.2) is 9.37 Å². The molecule has 1 amide bonds. The molecule has 7 nitrogen and oxygen atoms in total. The molecule has 0 spiro atoms. The third kappa shape index (κ3) is 4.30. The Kier molecular flexibility index (Phi) is 6.39. The molecular formula is C24H28FN5O2. The first-order valence-corrected chi connectivity index (χ1v) is 11.0. The number of aromatic nitrogens is 2. The molecule has 2 heterocycles. The molecule has 0 unspecified atom stereocenters. The van der Waals surface area contributed by atoms with Gasteiger partial charge in [-0.2, -0.15) is 0 Å². The Bertz CT molecular complexity index is 1150. The summed E-state index contributed by atoms with van der Waals surface area (Å²) in [6.07, 6.45) is 0. The highest BCUT2D eigenvalue weighted by molar-refractivity contribution is 5.81. The van der Waals surface area contributed by atoms with Crippen LogP contribution in [0, 0.1) is 5.82 Å². The van der Waals surface area contributed by atoms with Gasteiger partial charge in [-0.15, -0.1) is 0 Å². The van der Waals surface area contributed by atoms with E-state index in [1.54, 1.807) is 23.1 Å². The van der Waals surface area contributed by atoms with Gasteiger partial charge in [0.15, 0.2) is 0 Å². The zero-order chi connectivity index (χ0) is 22.7. The van der Waals surface area contributed by atoms with Crippen LogP contribution in [0.4, 0.5) is 16.0 Å². The molecule has 2 aromatic carbocycles. The molecular weight excluding hydrogens is 409 g/mol. The van der Waals surface area contributed by atoms with E-state index in [0.29, 0.717) is 56.1 Å². The number of rotatable bonds is 6. The average molecular weight is 438 g/mol. The normalized spacial score (nSPS) is 14.1. The predicted molar refractivity (Wildman–Crippen MR) is 125 cm³/mol. The van der Waals surface area contributed by atoms with Crippen molar-refractivity contribution in [2.24, 2.45) is 0 Å². The number of carbonyl (C=O) groups is 1. The second-order valence-electron chi connectivity index (χ2n) is 7.84. The third-order valence-corrected chi connectivity index (χ3v) is 6.01. The Hall–Kier alpha value is -3.42.